The number of rotatable bonds is 11. The highest BCUT2D eigenvalue weighted by molar-refractivity contribution is 8.04. The van der Waals surface area contributed by atoms with Gasteiger partial charge in [0.1, 0.15) is 0 Å². The van der Waals surface area contributed by atoms with Gasteiger partial charge >= 0.3 is 0 Å². The van der Waals surface area contributed by atoms with Crippen molar-refractivity contribution in [2.24, 2.45) is 0 Å². The summed E-state index contributed by atoms with van der Waals surface area (Å²) < 4.78 is 1.55. The number of benzene rings is 1. The Labute approximate surface area is 179 Å². The van der Waals surface area contributed by atoms with Gasteiger partial charge in [0.15, 0.2) is 11.6 Å². The predicted octanol–water partition coefficient (Wildman–Crippen LogP) is 4.77. The molecule has 0 saturated carbocycles. The minimum absolute atomic E-state index is 0.123. The number of ketones is 2. The van der Waals surface area contributed by atoms with Crippen LogP contribution in [-0.4, -0.2) is 37.5 Å². The number of thioether (sulfide) groups is 2. The first kappa shape index (κ1) is 21.5. The number of nitrogens with zero attached hydrogens (tertiary/aromatic N) is 4. The number of carbonyl (C=O) groups excluding carboxylic acids is 2. The third-order valence-electron chi connectivity index (χ3n) is 4.41. The molecular formula is C21H24N4O2S2. The van der Waals surface area contributed by atoms with E-state index in [0.717, 1.165) is 29.6 Å². The SMILES string of the molecule is CCCCCCCCSC1=CC(=O)C(Sc2nnnn2-c2ccccc2)=CC1=O. The maximum absolute atomic E-state index is 12.5. The van der Waals surface area contributed by atoms with Crippen molar-refractivity contribution in [3.8, 4) is 5.69 Å². The molecule has 2 aromatic rings. The zero-order valence-electron chi connectivity index (χ0n) is 16.4. The van der Waals surface area contributed by atoms with E-state index in [2.05, 4.69) is 22.4 Å². The number of hydrogen-bond donors (Lipinski definition) is 0. The molecule has 1 aromatic carbocycles. The first-order valence-corrected chi connectivity index (χ1v) is 11.7. The molecule has 0 atom stereocenters. The molecule has 0 spiro atoms. The largest absolute Gasteiger partial charge is 0.289 e. The van der Waals surface area contributed by atoms with Crippen LogP contribution in [0.15, 0.2) is 57.5 Å². The van der Waals surface area contributed by atoms with Crippen molar-refractivity contribution >= 4 is 35.1 Å². The number of carbonyl (C=O) groups is 2. The Morgan fingerprint density at radius 3 is 2.38 bits per heavy atom. The van der Waals surface area contributed by atoms with Gasteiger partial charge in [0, 0.05) is 12.2 Å². The van der Waals surface area contributed by atoms with Gasteiger partial charge in [-0.15, -0.1) is 16.9 Å². The van der Waals surface area contributed by atoms with E-state index in [-0.39, 0.29) is 11.6 Å². The van der Waals surface area contributed by atoms with E-state index in [0.29, 0.717) is 15.0 Å². The molecule has 0 radical (unpaired) electrons. The lowest BCUT2D eigenvalue weighted by Crippen LogP contribution is -2.11. The lowest BCUT2D eigenvalue weighted by molar-refractivity contribution is -0.114. The minimum Gasteiger partial charge on any atom is -0.289 e. The van der Waals surface area contributed by atoms with Gasteiger partial charge in [0.05, 0.1) is 15.5 Å². The molecule has 0 aliphatic heterocycles. The molecule has 1 aliphatic rings. The second-order valence-corrected chi connectivity index (χ2v) is 8.82. The minimum atomic E-state index is -0.178. The van der Waals surface area contributed by atoms with E-state index in [9.17, 15) is 9.59 Å². The average molecular weight is 429 g/mol. The van der Waals surface area contributed by atoms with Crippen molar-refractivity contribution in [1.29, 1.82) is 0 Å². The highest BCUT2D eigenvalue weighted by atomic mass is 32.2. The molecule has 8 heteroatoms. The van der Waals surface area contributed by atoms with E-state index in [1.165, 1.54) is 56.0 Å². The number of para-hydroxylation sites is 1. The zero-order chi connectivity index (χ0) is 20.5. The van der Waals surface area contributed by atoms with Gasteiger partial charge in [-0.2, -0.15) is 4.68 Å². The fraction of sp³-hybridized carbons (Fsp3) is 0.381. The van der Waals surface area contributed by atoms with Crippen LogP contribution in [0.5, 0.6) is 0 Å². The third-order valence-corrected chi connectivity index (χ3v) is 6.51. The van der Waals surface area contributed by atoms with Crippen LogP contribution in [0.4, 0.5) is 0 Å². The Morgan fingerprint density at radius 1 is 0.897 bits per heavy atom. The number of unbranched alkanes of at least 4 members (excludes halogenated alkanes) is 5. The van der Waals surface area contributed by atoms with Crippen LogP contribution in [0.2, 0.25) is 0 Å². The van der Waals surface area contributed by atoms with E-state index in [4.69, 9.17) is 0 Å². The topological polar surface area (TPSA) is 77.7 Å². The Morgan fingerprint density at radius 2 is 1.59 bits per heavy atom. The predicted molar refractivity (Wildman–Crippen MR) is 117 cm³/mol. The molecule has 0 N–H and O–H groups in total. The Bertz CT molecular complexity index is 906. The molecule has 29 heavy (non-hydrogen) atoms. The average Bonchev–Trinajstić information content (AvgIpc) is 3.19. The van der Waals surface area contributed by atoms with Gasteiger partial charge in [0.25, 0.3) is 0 Å². The summed E-state index contributed by atoms with van der Waals surface area (Å²) in [5.41, 5.74) is 0.793. The fourth-order valence-corrected chi connectivity index (χ4v) is 4.64. The molecule has 0 bridgehead atoms. The van der Waals surface area contributed by atoms with Crippen LogP contribution >= 0.6 is 23.5 Å². The molecule has 0 amide bonds. The number of aromatic nitrogens is 4. The standard InChI is InChI=1S/C21H24N4O2S2/c1-2-3-4-5-6-10-13-28-19-14-18(27)20(15-17(19)26)29-21-22-23-24-25(21)16-11-8-7-9-12-16/h7-9,11-12,14-15H,2-6,10,13H2,1H3. The van der Waals surface area contributed by atoms with Crippen LogP contribution in [0.25, 0.3) is 5.69 Å². The maximum atomic E-state index is 12.5. The highest BCUT2D eigenvalue weighted by Gasteiger charge is 2.23. The van der Waals surface area contributed by atoms with Gasteiger partial charge in [-0.25, -0.2) is 0 Å². The second-order valence-electron chi connectivity index (χ2n) is 6.67. The summed E-state index contributed by atoms with van der Waals surface area (Å²) in [6, 6.07) is 9.42. The summed E-state index contributed by atoms with van der Waals surface area (Å²) in [5.74, 6) is 0.559. The molecule has 1 aliphatic carbocycles. The van der Waals surface area contributed by atoms with Crippen molar-refractivity contribution in [2.45, 2.75) is 50.6 Å². The normalized spacial score (nSPS) is 14.1. The first-order chi connectivity index (χ1) is 14.2. The third kappa shape index (κ3) is 6.14. The monoisotopic (exact) mass is 428 g/mol. The second kappa shape index (κ2) is 11.1. The molecule has 1 aromatic heterocycles. The molecule has 0 unspecified atom stereocenters. The van der Waals surface area contributed by atoms with Crippen LogP contribution in [0, 0.1) is 0 Å². The number of allylic oxidation sites excluding steroid dienone is 4. The fourth-order valence-electron chi connectivity index (χ4n) is 2.85. The van der Waals surface area contributed by atoms with Crippen molar-refractivity contribution < 1.29 is 9.59 Å². The van der Waals surface area contributed by atoms with Crippen LogP contribution in [0.1, 0.15) is 45.4 Å². The first-order valence-electron chi connectivity index (χ1n) is 9.85. The van der Waals surface area contributed by atoms with E-state index in [1.807, 2.05) is 30.3 Å². The quantitative estimate of drug-likeness (QED) is 0.377. The summed E-state index contributed by atoms with van der Waals surface area (Å²) in [6.07, 6.45) is 10.1. The molecular weight excluding hydrogens is 404 g/mol. The molecule has 0 saturated heterocycles. The summed E-state index contributed by atoms with van der Waals surface area (Å²) in [4.78, 5) is 25.8. The summed E-state index contributed by atoms with van der Waals surface area (Å²) >= 11 is 2.58. The summed E-state index contributed by atoms with van der Waals surface area (Å²) in [6.45, 7) is 2.20. The zero-order valence-corrected chi connectivity index (χ0v) is 18.0. The van der Waals surface area contributed by atoms with Crippen LogP contribution in [-0.2, 0) is 9.59 Å². The van der Waals surface area contributed by atoms with Crippen LogP contribution < -0.4 is 0 Å². The number of hydrogen-bond acceptors (Lipinski definition) is 7. The number of tetrazole rings is 1. The summed E-state index contributed by atoms with van der Waals surface area (Å²) in [5, 5.41) is 12.1. The van der Waals surface area contributed by atoms with Crippen molar-refractivity contribution in [3.05, 3.63) is 52.3 Å². The van der Waals surface area contributed by atoms with E-state index < -0.39 is 0 Å². The Balaban J connectivity index is 1.55. The molecule has 152 valence electrons. The maximum Gasteiger partial charge on any atom is 0.219 e. The smallest absolute Gasteiger partial charge is 0.219 e. The van der Waals surface area contributed by atoms with E-state index in [1.54, 1.807) is 4.68 Å². The van der Waals surface area contributed by atoms with Gasteiger partial charge in [-0.3, -0.25) is 9.59 Å². The van der Waals surface area contributed by atoms with Gasteiger partial charge in [0.2, 0.25) is 5.16 Å². The molecule has 3 rings (SSSR count). The molecule has 1 heterocycles. The Kier molecular flexibility index (Phi) is 8.25. The molecule has 6 nitrogen and oxygen atoms in total. The van der Waals surface area contributed by atoms with Crippen LogP contribution in [0.3, 0.4) is 0 Å². The lowest BCUT2D eigenvalue weighted by Gasteiger charge is -2.11. The highest BCUT2D eigenvalue weighted by Crippen LogP contribution is 2.32. The summed E-state index contributed by atoms with van der Waals surface area (Å²) in [7, 11) is 0. The van der Waals surface area contributed by atoms with Gasteiger partial charge in [-0.05, 0) is 46.5 Å². The van der Waals surface area contributed by atoms with E-state index >= 15 is 0 Å². The van der Waals surface area contributed by atoms with Crippen molar-refractivity contribution in [1.82, 2.24) is 20.2 Å². The molecule has 0 fully saturated rings. The van der Waals surface area contributed by atoms with Gasteiger partial charge < -0.3 is 0 Å². The van der Waals surface area contributed by atoms with Gasteiger partial charge in [-0.1, -0.05) is 57.2 Å². The van der Waals surface area contributed by atoms with Crippen molar-refractivity contribution in [3.63, 3.8) is 0 Å². The lowest BCUT2D eigenvalue weighted by atomic mass is 10.1. The Hall–Kier alpha value is -2.19. The van der Waals surface area contributed by atoms with Crippen molar-refractivity contribution in [2.75, 3.05) is 5.75 Å².